The number of hydrogen-bond acceptors (Lipinski definition) is 3. The van der Waals surface area contributed by atoms with Crippen molar-refractivity contribution >= 4 is 27.5 Å². The Hall–Kier alpha value is -1.11. The maximum Gasteiger partial charge on any atom is 0.243 e. The summed E-state index contributed by atoms with van der Waals surface area (Å²) in [4.78, 5) is 14.6. The van der Waals surface area contributed by atoms with Crippen LogP contribution in [0.15, 0.2) is 29.2 Å². The summed E-state index contributed by atoms with van der Waals surface area (Å²) in [6, 6.07) is 6.29. The Morgan fingerprint density at radius 1 is 1.26 bits per heavy atom. The summed E-state index contributed by atoms with van der Waals surface area (Å²) in [5.74, 6) is -0.124. The molecule has 0 radical (unpaired) electrons. The number of carbonyl (C=O) groups is 1. The van der Waals surface area contributed by atoms with Crippen LogP contribution in [0.3, 0.4) is 0 Å². The smallest absolute Gasteiger partial charge is 0.243 e. The molecule has 2 atom stereocenters. The van der Waals surface area contributed by atoms with E-state index >= 15 is 0 Å². The molecule has 126 valence electrons. The molecule has 0 unspecified atom stereocenters. The summed E-state index contributed by atoms with van der Waals surface area (Å²) in [5, 5.41) is 0.396. The molecule has 0 spiro atoms. The van der Waals surface area contributed by atoms with Crippen molar-refractivity contribution in [3.63, 3.8) is 0 Å². The first-order chi connectivity index (χ1) is 10.9. The molecular formula is C16H21ClN2O3S. The van der Waals surface area contributed by atoms with Gasteiger partial charge in [0.25, 0.3) is 0 Å². The molecule has 1 aromatic rings. The quantitative estimate of drug-likeness (QED) is 0.832. The lowest BCUT2D eigenvalue weighted by Crippen LogP contribution is -2.48. The standard InChI is InChI=1S/C16H21ClN2O3S/c1-2-8-19-14-7-6-12(16(19)20)10-18(11-14)23(21,22)15-5-3-4-13(17)9-15/h3-5,9,12,14H,2,6-8,10-11H2,1H3/t12-,14+/m1/s1. The molecular weight excluding hydrogens is 336 g/mol. The number of rotatable bonds is 4. The predicted octanol–water partition coefficient (Wildman–Crippen LogP) is 2.36. The third kappa shape index (κ3) is 3.12. The maximum absolute atomic E-state index is 12.9. The Morgan fingerprint density at radius 2 is 2.04 bits per heavy atom. The molecule has 5 nitrogen and oxygen atoms in total. The van der Waals surface area contributed by atoms with Gasteiger partial charge in [-0.1, -0.05) is 24.6 Å². The second-order valence-corrected chi connectivity index (χ2v) is 8.61. The lowest BCUT2D eigenvalue weighted by atomic mass is 9.94. The van der Waals surface area contributed by atoms with Crippen LogP contribution in [0.2, 0.25) is 5.02 Å². The Balaban J connectivity index is 1.91. The van der Waals surface area contributed by atoms with Crippen molar-refractivity contribution in [2.24, 2.45) is 5.92 Å². The van der Waals surface area contributed by atoms with Crippen molar-refractivity contribution in [1.82, 2.24) is 9.21 Å². The molecule has 3 fully saturated rings. The van der Waals surface area contributed by atoms with Gasteiger partial charge in [-0.15, -0.1) is 0 Å². The van der Waals surface area contributed by atoms with Crippen LogP contribution in [-0.4, -0.2) is 49.2 Å². The molecule has 2 bridgehead atoms. The second-order valence-electron chi connectivity index (χ2n) is 6.24. The monoisotopic (exact) mass is 356 g/mol. The largest absolute Gasteiger partial charge is 0.338 e. The number of fused-ring (bicyclic) bond motifs is 4. The van der Waals surface area contributed by atoms with Gasteiger partial charge in [0.2, 0.25) is 15.9 Å². The zero-order valence-corrected chi connectivity index (χ0v) is 14.7. The van der Waals surface area contributed by atoms with E-state index in [9.17, 15) is 13.2 Å². The first kappa shape index (κ1) is 16.7. The number of piperidine rings is 1. The Bertz CT molecular complexity index is 707. The van der Waals surface area contributed by atoms with Crippen molar-refractivity contribution in [2.45, 2.75) is 37.1 Å². The van der Waals surface area contributed by atoms with E-state index in [4.69, 9.17) is 11.6 Å². The zero-order chi connectivity index (χ0) is 16.6. The summed E-state index contributed by atoms with van der Waals surface area (Å²) in [7, 11) is -3.63. The first-order valence-corrected chi connectivity index (χ1v) is 9.81. The van der Waals surface area contributed by atoms with Crippen molar-refractivity contribution in [3.05, 3.63) is 29.3 Å². The van der Waals surface area contributed by atoms with E-state index in [2.05, 4.69) is 0 Å². The van der Waals surface area contributed by atoms with E-state index in [0.29, 0.717) is 18.1 Å². The van der Waals surface area contributed by atoms with Crippen molar-refractivity contribution in [2.75, 3.05) is 19.6 Å². The molecule has 23 heavy (non-hydrogen) atoms. The minimum absolute atomic E-state index is 0.0184. The summed E-state index contributed by atoms with van der Waals surface area (Å²) in [6.45, 7) is 3.37. The zero-order valence-electron chi connectivity index (χ0n) is 13.1. The second kappa shape index (κ2) is 6.42. The molecule has 1 aromatic carbocycles. The minimum Gasteiger partial charge on any atom is -0.338 e. The minimum atomic E-state index is -3.63. The third-order valence-corrected chi connectivity index (χ3v) is 6.72. The number of benzene rings is 1. The van der Waals surface area contributed by atoms with Crippen LogP contribution in [0.4, 0.5) is 0 Å². The SMILES string of the molecule is CCCN1C(=O)[C@@H]2CC[C@H]1CN(S(=O)(=O)c1cccc(Cl)c1)C2. The van der Waals surface area contributed by atoms with Gasteiger partial charge in [0.1, 0.15) is 0 Å². The average molecular weight is 357 g/mol. The van der Waals surface area contributed by atoms with Crippen LogP contribution < -0.4 is 0 Å². The van der Waals surface area contributed by atoms with Crippen LogP contribution in [-0.2, 0) is 14.8 Å². The fourth-order valence-electron chi connectivity index (χ4n) is 3.51. The average Bonchev–Trinajstić information content (AvgIpc) is 2.81. The highest BCUT2D eigenvalue weighted by Gasteiger charge is 2.43. The van der Waals surface area contributed by atoms with E-state index in [-0.39, 0.29) is 29.3 Å². The number of halogens is 1. The van der Waals surface area contributed by atoms with Gasteiger partial charge in [-0.25, -0.2) is 8.42 Å². The Labute approximate surface area is 142 Å². The van der Waals surface area contributed by atoms with E-state index in [0.717, 1.165) is 19.3 Å². The summed E-state index contributed by atoms with van der Waals surface area (Å²) in [5.41, 5.74) is 0. The predicted molar refractivity (Wildman–Crippen MR) is 88.7 cm³/mol. The van der Waals surface area contributed by atoms with Crippen LogP contribution >= 0.6 is 11.6 Å². The molecule has 3 aliphatic rings. The molecule has 0 aromatic heterocycles. The molecule has 1 amide bonds. The van der Waals surface area contributed by atoms with Gasteiger partial charge in [0.05, 0.1) is 10.8 Å². The van der Waals surface area contributed by atoms with Crippen LogP contribution in [0.25, 0.3) is 0 Å². The van der Waals surface area contributed by atoms with Crippen molar-refractivity contribution in [1.29, 1.82) is 0 Å². The van der Waals surface area contributed by atoms with Gasteiger partial charge in [-0.05, 0) is 37.5 Å². The number of hydrogen-bond donors (Lipinski definition) is 0. The van der Waals surface area contributed by atoms with Crippen LogP contribution in [0.5, 0.6) is 0 Å². The number of sulfonamides is 1. The first-order valence-electron chi connectivity index (χ1n) is 7.99. The normalized spacial score (nSPS) is 25.7. The number of amides is 1. The number of nitrogens with zero attached hydrogens (tertiary/aromatic N) is 2. The number of carbonyl (C=O) groups excluding carboxylic acids is 1. The highest BCUT2D eigenvalue weighted by molar-refractivity contribution is 7.89. The van der Waals surface area contributed by atoms with E-state index in [1.165, 1.54) is 10.4 Å². The van der Waals surface area contributed by atoms with Crippen molar-refractivity contribution < 1.29 is 13.2 Å². The van der Waals surface area contributed by atoms with Gasteiger partial charge in [0.15, 0.2) is 0 Å². The van der Waals surface area contributed by atoms with Gasteiger partial charge in [-0.3, -0.25) is 4.79 Å². The van der Waals surface area contributed by atoms with E-state index in [1.54, 1.807) is 18.2 Å². The Morgan fingerprint density at radius 3 is 2.74 bits per heavy atom. The molecule has 0 N–H and O–H groups in total. The summed E-state index contributed by atoms with van der Waals surface area (Å²) < 4.78 is 27.3. The highest BCUT2D eigenvalue weighted by atomic mass is 35.5. The fraction of sp³-hybridized carbons (Fsp3) is 0.562. The lowest BCUT2D eigenvalue weighted by Gasteiger charge is -2.35. The highest BCUT2D eigenvalue weighted by Crippen LogP contribution is 2.32. The van der Waals surface area contributed by atoms with E-state index < -0.39 is 10.0 Å². The molecule has 0 saturated carbocycles. The molecule has 3 heterocycles. The summed E-state index contributed by atoms with van der Waals surface area (Å²) >= 11 is 5.93. The Kier molecular flexibility index (Phi) is 4.67. The van der Waals surface area contributed by atoms with Crippen LogP contribution in [0, 0.1) is 5.92 Å². The molecule has 4 rings (SSSR count). The summed E-state index contributed by atoms with van der Waals surface area (Å²) in [6.07, 6.45) is 2.53. The molecule has 3 aliphatic heterocycles. The van der Waals surface area contributed by atoms with Crippen LogP contribution in [0.1, 0.15) is 26.2 Å². The van der Waals surface area contributed by atoms with Gasteiger partial charge in [0, 0.05) is 30.7 Å². The third-order valence-electron chi connectivity index (χ3n) is 4.66. The van der Waals surface area contributed by atoms with E-state index in [1.807, 2.05) is 11.8 Å². The molecule has 0 aliphatic carbocycles. The van der Waals surface area contributed by atoms with Gasteiger partial charge < -0.3 is 4.90 Å². The maximum atomic E-state index is 12.9. The molecule has 3 saturated heterocycles. The van der Waals surface area contributed by atoms with Gasteiger partial charge in [-0.2, -0.15) is 4.31 Å². The lowest BCUT2D eigenvalue weighted by molar-refractivity contribution is -0.139. The van der Waals surface area contributed by atoms with Crippen molar-refractivity contribution in [3.8, 4) is 0 Å². The molecule has 7 heteroatoms. The van der Waals surface area contributed by atoms with Gasteiger partial charge >= 0.3 is 0 Å². The topological polar surface area (TPSA) is 57.7 Å². The fourth-order valence-corrected chi connectivity index (χ4v) is 5.33.